The summed E-state index contributed by atoms with van der Waals surface area (Å²) in [7, 11) is -3.63. The first kappa shape index (κ1) is 13.5. The van der Waals surface area contributed by atoms with Crippen LogP contribution in [0.1, 0.15) is 29.6 Å². The standard InChI is InChI=1S/C13H15NO5S/c15-13(16)8-1-4-10(5-2-8)20(17,18)14-11-7-9-3-6-12(11)19-9/h1-2,4-5,9,11-12,14H,3,6-7H2,(H,15,16). The summed E-state index contributed by atoms with van der Waals surface area (Å²) in [5.41, 5.74) is 0.0622. The van der Waals surface area contributed by atoms with Gasteiger partial charge in [0.2, 0.25) is 10.0 Å². The number of benzene rings is 1. The molecule has 2 fully saturated rings. The number of sulfonamides is 1. The second-order valence-electron chi connectivity index (χ2n) is 5.17. The molecule has 2 aliphatic rings. The molecule has 0 spiro atoms. The van der Waals surface area contributed by atoms with Crippen molar-refractivity contribution in [3.8, 4) is 0 Å². The second-order valence-corrected chi connectivity index (χ2v) is 6.88. The molecule has 2 saturated heterocycles. The van der Waals surface area contributed by atoms with Crippen LogP contribution in [0.5, 0.6) is 0 Å². The molecule has 1 aromatic carbocycles. The molecule has 6 nitrogen and oxygen atoms in total. The molecule has 0 aliphatic carbocycles. The van der Waals surface area contributed by atoms with Crippen molar-refractivity contribution in [3.05, 3.63) is 29.8 Å². The van der Waals surface area contributed by atoms with Crippen LogP contribution in [0.3, 0.4) is 0 Å². The van der Waals surface area contributed by atoms with Crippen molar-refractivity contribution in [2.45, 2.75) is 42.4 Å². The van der Waals surface area contributed by atoms with E-state index >= 15 is 0 Å². The molecular weight excluding hydrogens is 282 g/mol. The van der Waals surface area contributed by atoms with E-state index in [4.69, 9.17) is 9.84 Å². The SMILES string of the molecule is O=C(O)c1ccc(S(=O)(=O)NC2CC3CCC2O3)cc1. The van der Waals surface area contributed by atoms with Gasteiger partial charge in [-0.1, -0.05) is 0 Å². The van der Waals surface area contributed by atoms with Gasteiger partial charge in [-0.2, -0.15) is 0 Å². The summed E-state index contributed by atoms with van der Waals surface area (Å²) in [6.45, 7) is 0. The van der Waals surface area contributed by atoms with Crippen LogP contribution < -0.4 is 4.72 Å². The molecule has 2 aliphatic heterocycles. The Balaban J connectivity index is 1.76. The van der Waals surface area contributed by atoms with Crippen molar-refractivity contribution < 1.29 is 23.1 Å². The van der Waals surface area contributed by atoms with Crippen LogP contribution in [0.4, 0.5) is 0 Å². The second kappa shape index (κ2) is 4.83. The Hall–Kier alpha value is -1.44. The maximum Gasteiger partial charge on any atom is 0.335 e. The number of carboxylic acids is 1. The minimum absolute atomic E-state index is 0.0342. The monoisotopic (exact) mass is 297 g/mol. The summed E-state index contributed by atoms with van der Waals surface area (Å²) in [5.74, 6) is -1.08. The van der Waals surface area contributed by atoms with Crippen molar-refractivity contribution in [1.29, 1.82) is 0 Å². The number of rotatable bonds is 4. The third kappa shape index (κ3) is 2.44. The van der Waals surface area contributed by atoms with Gasteiger partial charge in [0.25, 0.3) is 0 Å². The zero-order valence-corrected chi connectivity index (χ0v) is 11.5. The highest BCUT2D eigenvalue weighted by Gasteiger charge is 2.42. The van der Waals surface area contributed by atoms with E-state index in [-0.39, 0.29) is 28.7 Å². The first-order valence-corrected chi connectivity index (χ1v) is 7.95. The number of hydrogen-bond acceptors (Lipinski definition) is 4. The summed E-state index contributed by atoms with van der Waals surface area (Å²) in [6, 6.07) is 5.00. The van der Waals surface area contributed by atoms with Crippen LogP contribution in [0.25, 0.3) is 0 Å². The highest BCUT2D eigenvalue weighted by Crippen LogP contribution is 2.35. The molecule has 20 heavy (non-hydrogen) atoms. The van der Waals surface area contributed by atoms with Crippen LogP contribution >= 0.6 is 0 Å². The Labute approximate surface area is 116 Å². The molecule has 2 heterocycles. The van der Waals surface area contributed by atoms with Crippen LogP contribution in [0.15, 0.2) is 29.2 Å². The lowest BCUT2D eigenvalue weighted by atomic mass is 9.96. The normalized spacial score (nSPS) is 28.7. The van der Waals surface area contributed by atoms with Crippen molar-refractivity contribution in [1.82, 2.24) is 4.72 Å². The zero-order chi connectivity index (χ0) is 14.3. The Bertz CT molecular complexity index is 625. The van der Waals surface area contributed by atoms with E-state index in [9.17, 15) is 13.2 Å². The fourth-order valence-corrected chi connectivity index (χ4v) is 4.08. The summed E-state index contributed by atoms with van der Waals surface area (Å²) in [4.78, 5) is 10.8. The molecule has 0 amide bonds. The molecule has 3 rings (SSSR count). The Morgan fingerprint density at radius 1 is 1.25 bits per heavy atom. The molecule has 0 saturated carbocycles. The van der Waals surface area contributed by atoms with Gasteiger partial charge in [-0.3, -0.25) is 0 Å². The van der Waals surface area contributed by atoms with Crippen molar-refractivity contribution >= 4 is 16.0 Å². The molecule has 7 heteroatoms. The van der Waals surface area contributed by atoms with E-state index in [0.29, 0.717) is 6.42 Å². The van der Waals surface area contributed by atoms with Gasteiger partial charge in [-0.25, -0.2) is 17.9 Å². The number of fused-ring (bicyclic) bond motifs is 2. The number of ether oxygens (including phenoxy) is 1. The topological polar surface area (TPSA) is 92.7 Å². The van der Waals surface area contributed by atoms with Crippen molar-refractivity contribution in [2.75, 3.05) is 0 Å². The number of carboxylic acid groups (broad SMARTS) is 1. The number of nitrogens with one attached hydrogen (secondary N) is 1. The predicted octanol–water partition coefficient (Wildman–Crippen LogP) is 0.983. The summed E-state index contributed by atoms with van der Waals surface area (Å²) in [6.07, 6.45) is 2.72. The summed E-state index contributed by atoms with van der Waals surface area (Å²) >= 11 is 0. The minimum Gasteiger partial charge on any atom is -0.478 e. The van der Waals surface area contributed by atoms with E-state index in [1.807, 2.05) is 0 Å². The Kier molecular flexibility index (Phi) is 3.27. The number of hydrogen-bond donors (Lipinski definition) is 2. The predicted molar refractivity (Wildman–Crippen MR) is 70.0 cm³/mol. The van der Waals surface area contributed by atoms with Gasteiger partial charge in [-0.05, 0) is 43.5 Å². The molecule has 2 N–H and O–H groups in total. The van der Waals surface area contributed by atoms with E-state index in [1.54, 1.807) is 0 Å². The molecule has 2 bridgehead atoms. The number of aromatic carboxylic acids is 1. The average molecular weight is 297 g/mol. The van der Waals surface area contributed by atoms with E-state index in [0.717, 1.165) is 12.8 Å². The van der Waals surface area contributed by atoms with Gasteiger partial charge in [0.05, 0.1) is 28.7 Å². The Morgan fingerprint density at radius 2 is 1.95 bits per heavy atom. The van der Waals surface area contributed by atoms with Gasteiger partial charge in [0, 0.05) is 0 Å². The van der Waals surface area contributed by atoms with Gasteiger partial charge in [0.1, 0.15) is 0 Å². The van der Waals surface area contributed by atoms with Gasteiger partial charge in [-0.15, -0.1) is 0 Å². The maximum absolute atomic E-state index is 12.2. The van der Waals surface area contributed by atoms with E-state index < -0.39 is 16.0 Å². The lowest BCUT2D eigenvalue weighted by Gasteiger charge is -2.19. The molecule has 108 valence electrons. The van der Waals surface area contributed by atoms with Crippen molar-refractivity contribution in [2.24, 2.45) is 0 Å². The first-order chi connectivity index (χ1) is 9.45. The zero-order valence-electron chi connectivity index (χ0n) is 10.7. The van der Waals surface area contributed by atoms with Gasteiger partial charge >= 0.3 is 5.97 Å². The highest BCUT2D eigenvalue weighted by atomic mass is 32.2. The molecule has 1 aromatic rings. The van der Waals surface area contributed by atoms with Gasteiger partial charge in [0.15, 0.2) is 0 Å². The van der Waals surface area contributed by atoms with Crippen LogP contribution in [0.2, 0.25) is 0 Å². The lowest BCUT2D eigenvalue weighted by molar-refractivity contribution is 0.0696. The fraction of sp³-hybridized carbons (Fsp3) is 0.462. The van der Waals surface area contributed by atoms with E-state index in [2.05, 4.69) is 4.72 Å². The minimum atomic E-state index is -3.63. The summed E-state index contributed by atoms with van der Waals surface area (Å²) in [5, 5.41) is 8.80. The quantitative estimate of drug-likeness (QED) is 0.864. The molecular formula is C13H15NO5S. The smallest absolute Gasteiger partial charge is 0.335 e. The van der Waals surface area contributed by atoms with Crippen molar-refractivity contribution in [3.63, 3.8) is 0 Å². The Morgan fingerprint density at radius 3 is 2.45 bits per heavy atom. The van der Waals surface area contributed by atoms with Gasteiger partial charge < -0.3 is 9.84 Å². The number of carbonyl (C=O) groups is 1. The molecule has 0 radical (unpaired) electrons. The first-order valence-electron chi connectivity index (χ1n) is 6.47. The molecule has 3 unspecified atom stereocenters. The van der Waals surface area contributed by atoms with Crippen LogP contribution in [-0.4, -0.2) is 37.7 Å². The van der Waals surface area contributed by atoms with E-state index in [1.165, 1.54) is 24.3 Å². The maximum atomic E-state index is 12.2. The lowest BCUT2D eigenvalue weighted by Crippen LogP contribution is -2.41. The highest BCUT2D eigenvalue weighted by molar-refractivity contribution is 7.89. The third-order valence-electron chi connectivity index (χ3n) is 3.82. The fourth-order valence-electron chi connectivity index (χ4n) is 2.81. The third-order valence-corrected chi connectivity index (χ3v) is 5.33. The average Bonchev–Trinajstić information content (AvgIpc) is 3.00. The van der Waals surface area contributed by atoms with Crippen LogP contribution in [0, 0.1) is 0 Å². The molecule has 0 aromatic heterocycles. The van der Waals surface area contributed by atoms with Crippen LogP contribution in [-0.2, 0) is 14.8 Å². The largest absolute Gasteiger partial charge is 0.478 e. The summed E-state index contributed by atoms with van der Waals surface area (Å²) < 4.78 is 32.7. The molecule has 3 atom stereocenters.